The van der Waals surface area contributed by atoms with Crippen LogP contribution < -0.4 is 10.6 Å². The zero-order valence-electron chi connectivity index (χ0n) is 8.89. The Kier molecular flexibility index (Phi) is 6.61. The molecule has 8 heteroatoms. The van der Waals surface area contributed by atoms with Crippen LogP contribution in [-0.2, 0) is 9.59 Å². The van der Waals surface area contributed by atoms with E-state index in [1.165, 1.54) is 11.9 Å². The number of nitrogens with zero attached hydrogens (tertiary/aromatic N) is 1. The molecule has 0 fully saturated rings. The number of likely N-dealkylation sites (N-methyl/N-ethyl adjacent to an activating group) is 1. The summed E-state index contributed by atoms with van der Waals surface area (Å²) in [7, 11) is 1.46. The Bertz CT molecular complexity index is 268. The third-order valence-electron chi connectivity index (χ3n) is 1.62. The van der Waals surface area contributed by atoms with E-state index in [4.69, 9.17) is 10.2 Å². The fraction of sp³-hybridized carbons (Fsp3) is 0.625. The van der Waals surface area contributed by atoms with Crippen LogP contribution in [0.25, 0.3) is 0 Å². The Morgan fingerprint density at radius 2 is 1.81 bits per heavy atom. The molecule has 0 radical (unpaired) electrons. The topological polar surface area (TPSA) is 119 Å². The summed E-state index contributed by atoms with van der Waals surface area (Å²) in [6.07, 6.45) is 0. The lowest BCUT2D eigenvalue weighted by Crippen LogP contribution is -2.44. The van der Waals surface area contributed by atoms with Crippen molar-refractivity contribution in [2.45, 2.75) is 0 Å². The smallest absolute Gasteiger partial charge is 0.322 e. The van der Waals surface area contributed by atoms with E-state index in [1.54, 1.807) is 0 Å². The molecule has 0 rings (SSSR count). The fourth-order valence-corrected chi connectivity index (χ4v) is 0.779. The molecule has 0 aromatic rings. The van der Waals surface area contributed by atoms with Crippen molar-refractivity contribution < 1.29 is 24.6 Å². The van der Waals surface area contributed by atoms with Gasteiger partial charge in [-0.25, -0.2) is 4.79 Å². The number of aliphatic carboxylic acids is 1. The molecule has 8 nitrogen and oxygen atoms in total. The van der Waals surface area contributed by atoms with E-state index in [0.717, 1.165) is 0 Å². The molecule has 0 spiro atoms. The number of hydrogen-bond donors (Lipinski definition) is 4. The van der Waals surface area contributed by atoms with Gasteiger partial charge in [0.1, 0.15) is 6.54 Å². The minimum atomic E-state index is -1.16. The van der Waals surface area contributed by atoms with Crippen molar-refractivity contribution >= 4 is 17.9 Å². The van der Waals surface area contributed by atoms with Crippen LogP contribution in [0.4, 0.5) is 4.79 Å². The number of carbonyl (C=O) groups is 3. The number of hydrogen-bond acceptors (Lipinski definition) is 4. The van der Waals surface area contributed by atoms with Gasteiger partial charge in [-0.3, -0.25) is 9.59 Å². The average Bonchev–Trinajstić information content (AvgIpc) is 2.23. The number of urea groups is 1. The maximum Gasteiger partial charge on any atom is 0.322 e. The molecule has 0 aliphatic heterocycles. The maximum atomic E-state index is 11.2. The number of carboxylic acid groups (broad SMARTS) is 1. The number of amides is 3. The average molecular weight is 233 g/mol. The standard InChI is InChI=1S/C8H15N3O5/c1-11(2-3-12)8(16)10-4-6(13)9-5-7(14)15/h12H,2-5H2,1H3,(H,9,13)(H,10,16)(H,14,15). The SMILES string of the molecule is CN(CCO)C(=O)NCC(=O)NCC(=O)O. The van der Waals surface area contributed by atoms with E-state index in [1.807, 2.05) is 0 Å². The Morgan fingerprint density at radius 3 is 2.31 bits per heavy atom. The first-order valence-corrected chi connectivity index (χ1v) is 4.55. The van der Waals surface area contributed by atoms with Crippen LogP contribution in [0.5, 0.6) is 0 Å². The molecule has 0 aliphatic carbocycles. The van der Waals surface area contributed by atoms with Gasteiger partial charge in [-0.15, -0.1) is 0 Å². The highest BCUT2D eigenvalue weighted by Gasteiger charge is 2.09. The monoisotopic (exact) mass is 233 g/mol. The van der Waals surface area contributed by atoms with Crippen LogP contribution in [0.1, 0.15) is 0 Å². The van der Waals surface area contributed by atoms with E-state index < -0.39 is 24.5 Å². The van der Waals surface area contributed by atoms with Gasteiger partial charge in [-0.2, -0.15) is 0 Å². The molecule has 0 bridgehead atoms. The molecule has 4 N–H and O–H groups in total. The third kappa shape index (κ3) is 6.60. The van der Waals surface area contributed by atoms with Crippen LogP contribution in [0.3, 0.4) is 0 Å². The van der Waals surface area contributed by atoms with Gasteiger partial charge in [0, 0.05) is 13.6 Å². The van der Waals surface area contributed by atoms with Crippen molar-refractivity contribution in [1.29, 1.82) is 0 Å². The zero-order valence-corrected chi connectivity index (χ0v) is 8.89. The van der Waals surface area contributed by atoms with Gasteiger partial charge in [0.15, 0.2) is 0 Å². The maximum absolute atomic E-state index is 11.2. The zero-order chi connectivity index (χ0) is 12.6. The highest BCUT2D eigenvalue weighted by Crippen LogP contribution is 1.82. The number of rotatable bonds is 6. The fourth-order valence-electron chi connectivity index (χ4n) is 0.779. The number of nitrogens with one attached hydrogen (secondary N) is 2. The van der Waals surface area contributed by atoms with Crippen LogP contribution in [0.15, 0.2) is 0 Å². The van der Waals surface area contributed by atoms with Crippen LogP contribution in [0.2, 0.25) is 0 Å². The van der Waals surface area contributed by atoms with E-state index in [-0.39, 0.29) is 19.7 Å². The number of aliphatic hydroxyl groups excluding tert-OH is 1. The first-order valence-electron chi connectivity index (χ1n) is 4.55. The molecule has 0 heterocycles. The van der Waals surface area contributed by atoms with Crippen molar-refractivity contribution in [2.75, 3.05) is 33.3 Å². The summed E-state index contributed by atoms with van der Waals surface area (Å²) < 4.78 is 0. The third-order valence-corrected chi connectivity index (χ3v) is 1.62. The van der Waals surface area contributed by atoms with Gasteiger partial charge in [-0.05, 0) is 0 Å². The Balaban J connectivity index is 3.74. The van der Waals surface area contributed by atoms with Gasteiger partial charge in [0.05, 0.1) is 13.2 Å². The summed E-state index contributed by atoms with van der Waals surface area (Å²) in [4.78, 5) is 33.5. The lowest BCUT2D eigenvalue weighted by Gasteiger charge is -2.16. The highest BCUT2D eigenvalue weighted by atomic mass is 16.4. The van der Waals surface area contributed by atoms with E-state index in [2.05, 4.69) is 10.6 Å². The van der Waals surface area contributed by atoms with Gasteiger partial charge in [0.25, 0.3) is 0 Å². The van der Waals surface area contributed by atoms with Crippen molar-refractivity contribution in [1.82, 2.24) is 15.5 Å². The van der Waals surface area contributed by atoms with Gasteiger partial charge in [0.2, 0.25) is 5.91 Å². The van der Waals surface area contributed by atoms with Crippen molar-refractivity contribution in [2.24, 2.45) is 0 Å². The predicted molar refractivity (Wildman–Crippen MR) is 53.8 cm³/mol. The predicted octanol–water partition coefficient (Wildman–Crippen LogP) is -2.18. The number of aliphatic hydroxyl groups is 1. The summed E-state index contributed by atoms with van der Waals surface area (Å²) in [5.41, 5.74) is 0. The minimum Gasteiger partial charge on any atom is -0.480 e. The van der Waals surface area contributed by atoms with Crippen molar-refractivity contribution in [3.63, 3.8) is 0 Å². The Hall–Kier alpha value is -1.83. The minimum absolute atomic E-state index is 0.155. The lowest BCUT2D eigenvalue weighted by molar-refractivity contribution is -0.137. The Morgan fingerprint density at radius 1 is 1.19 bits per heavy atom. The molecule has 0 aromatic carbocycles. The summed E-state index contributed by atoms with van der Waals surface area (Å²) >= 11 is 0. The molecule has 0 saturated heterocycles. The van der Waals surface area contributed by atoms with Gasteiger partial charge >= 0.3 is 12.0 Å². The summed E-state index contributed by atoms with van der Waals surface area (Å²) in [5, 5.41) is 21.2. The number of carboxylic acids is 1. The molecule has 0 atom stereocenters. The van der Waals surface area contributed by atoms with Crippen LogP contribution >= 0.6 is 0 Å². The summed E-state index contributed by atoms with van der Waals surface area (Å²) in [6.45, 7) is -0.805. The second-order valence-corrected chi connectivity index (χ2v) is 2.97. The first kappa shape index (κ1) is 14.2. The van der Waals surface area contributed by atoms with Crippen LogP contribution in [0, 0.1) is 0 Å². The van der Waals surface area contributed by atoms with E-state index in [0.29, 0.717) is 0 Å². The second kappa shape index (κ2) is 7.46. The second-order valence-electron chi connectivity index (χ2n) is 2.97. The Labute approximate surface area is 92.2 Å². The lowest BCUT2D eigenvalue weighted by atomic mass is 10.5. The number of carbonyl (C=O) groups excluding carboxylic acids is 2. The summed E-state index contributed by atoms with van der Waals surface area (Å²) in [6, 6.07) is -0.514. The molecule has 0 unspecified atom stereocenters. The highest BCUT2D eigenvalue weighted by molar-refractivity contribution is 5.86. The molecule has 0 aliphatic rings. The van der Waals surface area contributed by atoms with E-state index >= 15 is 0 Å². The molecular weight excluding hydrogens is 218 g/mol. The molecule has 0 saturated carbocycles. The largest absolute Gasteiger partial charge is 0.480 e. The van der Waals surface area contributed by atoms with Gasteiger partial charge in [-0.1, -0.05) is 0 Å². The van der Waals surface area contributed by atoms with Crippen molar-refractivity contribution in [3.8, 4) is 0 Å². The van der Waals surface area contributed by atoms with Crippen LogP contribution in [-0.4, -0.2) is 66.3 Å². The van der Waals surface area contributed by atoms with Crippen molar-refractivity contribution in [3.05, 3.63) is 0 Å². The normalized spacial score (nSPS) is 9.38. The summed E-state index contributed by atoms with van der Waals surface area (Å²) in [5.74, 6) is -1.75. The first-order chi connectivity index (χ1) is 7.47. The van der Waals surface area contributed by atoms with E-state index in [9.17, 15) is 14.4 Å². The molecular formula is C8H15N3O5. The quantitative estimate of drug-likeness (QED) is 0.416. The molecule has 16 heavy (non-hydrogen) atoms. The molecule has 92 valence electrons. The molecule has 0 aromatic heterocycles. The molecule has 3 amide bonds. The van der Waals surface area contributed by atoms with Gasteiger partial charge < -0.3 is 25.7 Å².